The Morgan fingerprint density at radius 1 is 1.07 bits per heavy atom. The normalized spacial score (nSPS) is 11.7. The molecule has 1 aromatic heterocycles. The molecule has 0 unspecified atom stereocenters. The summed E-state index contributed by atoms with van der Waals surface area (Å²) in [6.45, 7) is 0. The molecule has 0 aliphatic carbocycles. The Labute approximate surface area is 163 Å². The van der Waals surface area contributed by atoms with Gasteiger partial charge in [-0.15, -0.1) is 0 Å². The third kappa shape index (κ3) is 4.63. The van der Waals surface area contributed by atoms with Gasteiger partial charge in [0.15, 0.2) is 0 Å². The van der Waals surface area contributed by atoms with Crippen LogP contribution in [-0.2, 0) is 4.79 Å². The van der Waals surface area contributed by atoms with Crippen molar-refractivity contribution in [3.63, 3.8) is 0 Å². The molecule has 0 spiro atoms. The van der Waals surface area contributed by atoms with Crippen molar-refractivity contribution in [2.75, 3.05) is 19.5 Å². The van der Waals surface area contributed by atoms with Gasteiger partial charge in [-0.1, -0.05) is 23.7 Å². The Morgan fingerprint density at radius 3 is 2.56 bits per heavy atom. The number of nitrogens with one attached hydrogen (secondary N) is 1. The molecular formula is C21H21ClN2O3. The monoisotopic (exact) mass is 384 g/mol. The fourth-order valence-corrected chi connectivity index (χ4v) is 3.13. The summed E-state index contributed by atoms with van der Waals surface area (Å²) >= 11 is 6.05. The van der Waals surface area contributed by atoms with Crippen LogP contribution >= 0.6 is 11.6 Å². The predicted molar refractivity (Wildman–Crippen MR) is 107 cm³/mol. The van der Waals surface area contributed by atoms with Gasteiger partial charge in [-0.05, 0) is 48.0 Å². The lowest BCUT2D eigenvalue weighted by Gasteiger charge is -2.20. The van der Waals surface area contributed by atoms with Crippen LogP contribution < -0.4 is 14.8 Å². The van der Waals surface area contributed by atoms with E-state index in [1.165, 1.54) is 0 Å². The molecule has 2 aromatic carbocycles. The number of rotatable bonds is 7. The van der Waals surface area contributed by atoms with Crippen LogP contribution in [0.25, 0.3) is 0 Å². The van der Waals surface area contributed by atoms with E-state index in [-0.39, 0.29) is 18.4 Å². The molecule has 1 atom stereocenters. The number of hydrogen-bond acceptors (Lipinski definition) is 3. The zero-order valence-electron chi connectivity index (χ0n) is 15.2. The summed E-state index contributed by atoms with van der Waals surface area (Å²) in [7, 11) is 3.18. The minimum Gasteiger partial charge on any atom is -0.497 e. The molecule has 5 nitrogen and oxygen atoms in total. The van der Waals surface area contributed by atoms with E-state index in [2.05, 4.69) is 5.32 Å². The molecule has 3 aromatic rings. The van der Waals surface area contributed by atoms with E-state index in [1.807, 2.05) is 53.4 Å². The number of carbonyl (C=O) groups is 1. The molecule has 27 heavy (non-hydrogen) atoms. The predicted octanol–water partition coefficient (Wildman–Crippen LogP) is 4.78. The van der Waals surface area contributed by atoms with E-state index in [1.54, 1.807) is 32.4 Å². The summed E-state index contributed by atoms with van der Waals surface area (Å²) in [6, 6.07) is 16.6. The summed E-state index contributed by atoms with van der Waals surface area (Å²) in [5, 5.41) is 3.43. The lowest BCUT2D eigenvalue weighted by molar-refractivity contribution is -0.116. The molecule has 3 rings (SSSR count). The van der Waals surface area contributed by atoms with Crippen molar-refractivity contribution in [3.05, 3.63) is 77.6 Å². The minimum absolute atomic E-state index is 0.142. The summed E-state index contributed by atoms with van der Waals surface area (Å²) in [5.41, 5.74) is 1.53. The molecule has 0 bridgehead atoms. The van der Waals surface area contributed by atoms with Gasteiger partial charge in [0.1, 0.15) is 11.5 Å². The van der Waals surface area contributed by atoms with Crippen molar-refractivity contribution in [3.8, 4) is 11.5 Å². The summed E-state index contributed by atoms with van der Waals surface area (Å²) in [4.78, 5) is 12.8. The van der Waals surface area contributed by atoms with Crippen molar-refractivity contribution < 1.29 is 14.3 Å². The molecule has 0 saturated heterocycles. The third-order valence-corrected chi connectivity index (χ3v) is 4.52. The van der Waals surface area contributed by atoms with E-state index in [0.717, 1.165) is 11.3 Å². The van der Waals surface area contributed by atoms with Crippen molar-refractivity contribution >= 4 is 23.2 Å². The molecule has 0 aliphatic rings. The maximum Gasteiger partial charge on any atom is 0.226 e. The molecule has 0 aliphatic heterocycles. The van der Waals surface area contributed by atoms with E-state index in [9.17, 15) is 4.79 Å². The van der Waals surface area contributed by atoms with E-state index in [0.29, 0.717) is 16.5 Å². The summed E-state index contributed by atoms with van der Waals surface area (Å²) in [5.74, 6) is 1.17. The Hall–Kier alpha value is -2.92. The molecule has 0 saturated carbocycles. The maximum atomic E-state index is 12.8. The van der Waals surface area contributed by atoms with Gasteiger partial charge in [0, 0.05) is 17.4 Å². The van der Waals surface area contributed by atoms with Gasteiger partial charge in [0.2, 0.25) is 5.91 Å². The zero-order chi connectivity index (χ0) is 19.2. The van der Waals surface area contributed by atoms with Crippen LogP contribution in [0.3, 0.4) is 0 Å². The Bertz CT molecular complexity index is 910. The van der Waals surface area contributed by atoms with Crippen molar-refractivity contribution in [1.82, 2.24) is 4.57 Å². The Balaban J connectivity index is 1.84. The van der Waals surface area contributed by atoms with Crippen LogP contribution in [0.15, 0.2) is 67.0 Å². The Morgan fingerprint density at radius 2 is 1.85 bits per heavy atom. The number of amides is 1. The molecule has 1 N–H and O–H groups in total. The second-order valence-electron chi connectivity index (χ2n) is 6.02. The van der Waals surface area contributed by atoms with Crippen LogP contribution in [0.1, 0.15) is 18.0 Å². The number of nitrogens with zero attached hydrogens (tertiary/aromatic N) is 1. The van der Waals surface area contributed by atoms with Gasteiger partial charge >= 0.3 is 0 Å². The molecule has 0 fully saturated rings. The van der Waals surface area contributed by atoms with Gasteiger partial charge in [-0.3, -0.25) is 4.79 Å². The van der Waals surface area contributed by atoms with Crippen LogP contribution in [0.5, 0.6) is 11.5 Å². The fourth-order valence-electron chi connectivity index (χ4n) is 2.95. The van der Waals surface area contributed by atoms with Gasteiger partial charge in [0.25, 0.3) is 0 Å². The van der Waals surface area contributed by atoms with Crippen molar-refractivity contribution in [1.29, 1.82) is 0 Å². The lowest BCUT2D eigenvalue weighted by Crippen LogP contribution is -2.20. The number of ether oxygens (including phenoxy) is 2. The van der Waals surface area contributed by atoms with Crippen LogP contribution in [-0.4, -0.2) is 24.7 Å². The molecular weight excluding hydrogens is 364 g/mol. The quantitative estimate of drug-likeness (QED) is 0.638. The number of anilines is 1. The summed E-state index contributed by atoms with van der Waals surface area (Å²) in [6.07, 6.45) is 4.13. The minimum atomic E-state index is -0.166. The highest BCUT2D eigenvalue weighted by atomic mass is 35.5. The topological polar surface area (TPSA) is 52.5 Å². The van der Waals surface area contributed by atoms with Crippen LogP contribution in [0.2, 0.25) is 5.02 Å². The first-order valence-electron chi connectivity index (χ1n) is 8.50. The highest BCUT2D eigenvalue weighted by molar-refractivity contribution is 6.31. The first kappa shape index (κ1) is 18.9. The van der Waals surface area contributed by atoms with E-state index >= 15 is 0 Å². The van der Waals surface area contributed by atoms with E-state index in [4.69, 9.17) is 21.1 Å². The smallest absolute Gasteiger partial charge is 0.226 e. The molecule has 1 heterocycles. The molecule has 140 valence electrons. The second-order valence-corrected chi connectivity index (χ2v) is 6.46. The maximum absolute atomic E-state index is 12.8. The summed E-state index contributed by atoms with van der Waals surface area (Å²) < 4.78 is 12.6. The molecule has 6 heteroatoms. The third-order valence-electron chi connectivity index (χ3n) is 4.28. The van der Waals surface area contributed by atoms with Crippen LogP contribution in [0.4, 0.5) is 5.69 Å². The first-order valence-corrected chi connectivity index (χ1v) is 8.88. The number of benzene rings is 2. The second kappa shape index (κ2) is 8.64. The van der Waals surface area contributed by atoms with Crippen molar-refractivity contribution in [2.24, 2.45) is 0 Å². The average Bonchev–Trinajstić information content (AvgIpc) is 3.21. The number of aromatic nitrogens is 1. The Kier molecular flexibility index (Phi) is 6.04. The van der Waals surface area contributed by atoms with Crippen molar-refractivity contribution in [2.45, 2.75) is 12.5 Å². The van der Waals surface area contributed by atoms with Gasteiger partial charge < -0.3 is 19.4 Å². The number of carbonyl (C=O) groups excluding carboxylic acids is 1. The van der Waals surface area contributed by atoms with Gasteiger partial charge in [0.05, 0.1) is 32.4 Å². The average molecular weight is 385 g/mol. The van der Waals surface area contributed by atoms with E-state index < -0.39 is 0 Å². The highest BCUT2D eigenvalue weighted by Crippen LogP contribution is 2.30. The van der Waals surface area contributed by atoms with Gasteiger partial charge in [-0.2, -0.15) is 0 Å². The standard InChI is InChI=1S/C21H21ClN2O3/c1-26-17-7-5-6-15(12-17)19(24-10-3-4-11-24)14-21(25)23-18-13-16(22)8-9-20(18)27-2/h3-13,19H,14H2,1-2H3,(H,23,25)/t19-/m0/s1. The largest absolute Gasteiger partial charge is 0.497 e. The van der Waals surface area contributed by atoms with Gasteiger partial charge in [-0.25, -0.2) is 0 Å². The number of halogens is 1. The van der Waals surface area contributed by atoms with Crippen LogP contribution in [0, 0.1) is 0 Å². The number of hydrogen-bond donors (Lipinski definition) is 1. The first-order chi connectivity index (χ1) is 13.1. The lowest BCUT2D eigenvalue weighted by atomic mass is 10.0. The fraction of sp³-hybridized carbons (Fsp3) is 0.190. The molecule has 0 radical (unpaired) electrons. The SMILES string of the molecule is COc1cccc([C@H](CC(=O)Nc2cc(Cl)ccc2OC)n2cccc2)c1. The zero-order valence-corrected chi connectivity index (χ0v) is 15.9. The molecule has 1 amide bonds. The number of methoxy groups -OCH3 is 2. The highest BCUT2D eigenvalue weighted by Gasteiger charge is 2.19.